The molecule has 80 valence electrons. The summed E-state index contributed by atoms with van der Waals surface area (Å²) >= 11 is 0. The number of hydrogen-bond acceptors (Lipinski definition) is 2. The molecule has 1 N–H and O–H groups in total. The van der Waals surface area contributed by atoms with Crippen molar-refractivity contribution >= 4 is 11.0 Å². The van der Waals surface area contributed by atoms with Crippen LogP contribution in [0.2, 0.25) is 0 Å². The molecule has 0 saturated carbocycles. The summed E-state index contributed by atoms with van der Waals surface area (Å²) in [4.78, 5) is 4.36. The van der Waals surface area contributed by atoms with Crippen LogP contribution in [0.25, 0.3) is 11.0 Å². The average Bonchev–Trinajstić information content (AvgIpc) is 2.68. The predicted octanol–water partition coefficient (Wildman–Crippen LogP) is 2.04. The van der Waals surface area contributed by atoms with E-state index >= 15 is 0 Å². The molecule has 0 amide bonds. The Morgan fingerprint density at radius 2 is 2.13 bits per heavy atom. The topological polar surface area (TPSA) is 29.9 Å². The van der Waals surface area contributed by atoms with Crippen molar-refractivity contribution in [1.82, 2.24) is 14.9 Å². The number of unbranched alkanes of at least 4 members (excludes halogenated alkanes) is 1. The van der Waals surface area contributed by atoms with Crippen molar-refractivity contribution < 1.29 is 0 Å². The van der Waals surface area contributed by atoms with Gasteiger partial charge in [0.15, 0.2) is 0 Å². The van der Waals surface area contributed by atoms with Gasteiger partial charge in [0.25, 0.3) is 0 Å². The molecule has 2 rings (SSSR count). The highest BCUT2D eigenvalue weighted by atomic mass is 15.0. The van der Waals surface area contributed by atoms with Gasteiger partial charge in [-0.3, -0.25) is 0 Å². The molecule has 0 saturated heterocycles. The molecule has 0 unspecified atom stereocenters. The second-order valence-corrected chi connectivity index (χ2v) is 3.74. The Morgan fingerprint density at radius 3 is 3.00 bits per heavy atom. The second kappa shape index (κ2) is 4.94. The molecule has 0 aliphatic carbocycles. The number of hydrogen-bond donors (Lipinski definition) is 1. The Hall–Kier alpha value is -1.35. The third-order valence-corrected chi connectivity index (χ3v) is 2.60. The van der Waals surface area contributed by atoms with Crippen molar-refractivity contribution in [2.75, 3.05) is 13.6 Å². The summed E-state index contributed by atoms with van der Waals surface area (Å²) in [7, 11) is 1.99. The lowest BCUT2D eigenvalue weighted by molar-refractivity contribution is 0.600. The summed E-state index contributed by atoms with van der Waals surface area (Å²) in [6.45, 7) is 2.15. The number of rotatable bonds is 5. The molecular formula is C12H17N3. The van der Waals surface area contributed by atoms with Crippen LogP contribution in [0, 0.1) is 0 Å². The average molecular weight is 203 g/mol. The third-order valence-electron chi connectivity index (χ3n) is 2.60. The quantitative estimate of drug-likeness (QED) is 0.754. The van der Waals surface area contributed by atoms with Crippen LogP contribution >= 0.6 is 0 Å². The number of nitrogens with zero attached hydrogens (tertiary/aromatic N) is 2. The first kappa shape index (κ1) is 10.2. The highest BCUT2D eigenvalue weighted by Crippen LogP contribution is 2.12. The summed E-state index contributed by atoms with van der Waals surface area (Å²) in [5.41, 5.74) is 2.33. The van der Waals surface area contributed by atoms with Gasteiger partial charge < -0.3 is 9.88 Å². The minimum atomic E-state index is 1.06. The summed E-state index contributed by atoms with van der Waals surface area (Å²) < 4.78 is 2.23. The molecule has 1 heterocycles. The van der Waals surface area contributed by atoms with Crippen molar-refractivity contribution in [1.29, 1.82) is 0 Å². The first-order chi connectivity index (χ1) is 7.42. The molecule has 0 spiro atoms. The van der Waals surface area contributed by atoms with Crippen molar-refractivity contribution in [3.05, 3.63) is 30.6 Å². The lowest BCUT2D eigenvalue weighted by Gasteiger charge is -2.03. The largest absolute Gasteiger partial charge is 0.331 e. The summed E-state index contributed by atoms with van der Waals surface area (Å²) in [5.74, 6) is 0. The Labute approximate surface area is 90.1 Å². The van der Waals surface area contributed by atoms with Gasteiger partial charge in [-0.25, -0.2) is 4.98 Å². The number of imidazole rings is 1. The zero-order valence-electron chi connectivity index (χ0n) is 9.11. The zero-order valence-corrected chi connectivity index (χ0v) is 9.11. The maximum Gasteiger partial charge on any atom is 0.0958 e. The van der Waals surface area contributed by atoms with E-state index in [0.29, 0.717) is 0 Å². The van der Waals surface area contributed by atoms with E-state index in [1.54, 1.807) is 0 Å². The van der Waals surface area contributed by atoms with Gasteiger partial charge in [-0.15, -0.1) is 0 Å². The molecule has 0 aliphatic rings. The Balaban J connectivity index is 2.02. The molecule has 2 aromatic rings. The fourth-order valence-electron chi connectivity index (χ4n) is 1.77. The molecule has 0 aliphatic heterocycles. The smallest absolute Gasteiger partial charge is 0.0958 e. The van der Waals surface area contributed by atoms with Gasteiger partial charge in [0.05, 0.1) is 17.4 Å². The normalized spacial score (nSPS) is 11.0. The van der Waals surface area contributed by atoms with Crippen LogP contribution in [0.5, 0.6) is 0 Å². The summed E-state index contributed by atoms with van der Waals surface area (Å²) in [6, 6.07) is 8.27. The maximum atomic E-state index is 4.36. The van der Waals surface area contributed by atoms with Crippen LogP contribution in [-0.2, 0) is 6.54 Å². The molecule has 0 radical (unpaired) electrons. The van der Waals surface area contributed by atoms with Gasteiger partial charge >= 0.3 is 0 Å². The summed E-state index contributed by atoms with van der Waals surface area (Å²) in [6.07, 6.45) is 4.34. The van der Waals surface area contributed by atoms with Gasteiger partial charge in [-0.05, 0) is 38.6 Å². The number of nitrogens with one attached hydrogen (secondary N) is 1. The lowest BCUT2D eigenvalue weighted by Crippen LogP contribution is -2.08. The van der Waals surface area contributed by atoms with Crippen LogP contribution in [0.1, 0.15) is 12.8 Å². The molecule has 1 aromatic carbocycles. The number of aromatic nitrogens is 2. The van der Waals surface area contributed by atoms with Crippen molar-refractivity contribution in [3.63, 3.8) is 0 Å². The minimum Gasteiger partial charge on any atom is -0.331 e. The van der Waals surface area contributed by atoms with Gasteiger partial charge in [-0.2, -0.15) is 0 Å². The molecule has 3 nitrogen and oxygen atoms in total. The SMILES string of the molecule is CNCCCCn1cnc2ccccc21. The highest BCUT2D eigenvalue weighted by Gasteiger charge is 1.99. The van der Waals surface area contributed by atoms with E-state index in [4.69, 9.17) is 0 Å². The number of aryl methyl sites for hydroxylation is 1. The van der Waals surface area contributed by atoms with Crippen molar-refractivity contribution in [2.24, 2.45) is 0 Å². The first-order valence-corrected chi connectivity index (χ1v) is 5.46. The van der Waals surface area contributed by atoms with Crippen molar-refractivity contribution in [2.45, 2.75) is 19.4 Å². The van der Waals surface area contributed by atoms with Gasteiger partial charge in [0, 0.05) is 6.54 Å². The number of fused-ring (bicyclic) bond motifs is 1. The zero-order chi connectivity index (χ0) is 10.5. The van der Waals surface area contributed by atoms with Crippen LogP contribution in [0.4, 0.5) is 0 Å². The second-order valence-electron chi connectivity index (χ2n) is 3.74. The van der Waals surface area contributed by atoms with E-state index in [1.165, 1.54) is 18.4 Å². The predicted molar refractivity (Wildman–Crippen MR) is 62.9 cm³/mol. The molecule has 15 heavy (non-hydrogen) atoms. The minimum absolute atomic E-state index is 1.06. The first-order valence-electron chi connectivity index (χ1n) is 5.46. The van der Waals surface area contributed by atoms with E-state index < -0.39 is 0 Å². The molecular weight excluding hydrogens is 186 g/mol. The van der Waals surface area contributed by atoms with Gasteiger partial charge in [-0.1, -0.05) is 12.1 Å². The molecule has 0 fully saturated rings. The summed E-state index contributed by atoms with van der Waals surface area (Å²) in [5, 5.41) is 3.16. The Bertz CT molecular complexity index is 419. The lowest BCUT2D eigenvalue weighted by atomic mass is 10.3. The molecule has 0 atom stereocenters. The number of para-hydroxylation sites is 2. The van der Waals surface area contributed by atoms with Crippen LogP contribution in [0.3, 0.4) is 0 Å². The third kappa shape index (κ3) is 2.36. The molecule has 3 heteroatoms. The molecule has 0 bridgehead atoms. The highest BCUT2D eigenvalue weighted by molar-refractivity contribution is 5.74. The Morgan fingerprint density at radius 1 is 1.27 bits per heavy atom. The monoisotopic (exact) mass is 203 g/mol. The standard InChI is InChI=1S/C12H17N3/c1-13-8-4-5-9-15-10-14-11-6-2-3-7-12(11)15/h2-3,6-7,10,13H,4-5,8-9H2,1H3. The molecule has 1 aromatic heterocycles. The van der Waals surface area contributed by atoms with E-state index in [9.17, 15) is 0 Å². The van der Waals surface area contributed by atoms with Crippen LogP contribution < -0.4 is 5.32 Å². The van der Waals surface area contributed by atoms with Gasteiger partial charge in [0.1, 0.15) is 0 Å². The van der Waals surface area contributed by atoms with Crippen LogP contribution in [0.15, 0.2) is 30.6 Å². The van der Waals surface area contributed by atoms with Crippen LogP contribution in [-0.4, -0.2) is 23.1 Å². The maximum absolute atomic E-state index is 4.36. The van der Waals surface area contributed by atoms with E-state index in [2.05, 4.69) is 33.1 Å². The van der Waals surface area contributed by atoms with E-state index in [-0.39, 0.29) is 0 Å². The van der Waals surface area contributed by atoms with Crippen molar-refractivity contribution in [3.8, 4) is 0 Å². The fourth-order valence-corrected chi connectivity index (χ4v) is 1.77. The van der Waals surface area contributed by atoms with E-state index in [0.717, 1.165) is 18.6 Å². The number of benzene rings is 1. The Kier molecular flexibility index (Phi) is 3.35. The fraction of sp³-hybridized carbons (Fsp3) is 0.417. The van der Waals surface area contributed by atoms with E-state index in [1.807, 2.05) is 19.4 Å². The van der Waals surface area contributed by atoms with Gasteiger partial charge in [0.2, 0.25) is 0 Å².